The molecule has 6 atom stereocenters. The molecule has 4 heteroatoms. The Morgan fingerprint density at radius 3 is 2.46 bits per heavy atom. The number of ketones is 1. The number of carbonyl (C=O) groups excluding carboxylic acids is 1. The molecule has 0 radical (unpaired) electrons. The Morgan fingerprint density at radius 1 is 1.08 bits per heavy atom. The van der Waals surface area contributed by atoms with Crippen LogP contribution in [0.4, 0.5) is 0 Å². The monoisotopic (exact) mass is 336 g/mol. The van der Waals surface area contributed by atoms with E-state index in [1.165, 1.54) is 0 Å². The number of aliphatic hydroxyl groups is 3. The van der Waals surface area contributed by atoms with Crippen molar-refractivity contribution in [1.29, 1.82) is 0 Å². The van der Waals surface area contributed by atoms with Gasteiger partial charge in [-0.15, -0.1) is 0 Å². The van der Waals surface area contributed by atoms with Crippen LogP contribution in [0.1, 0.15) is 72.1 Å². The molecule has 136 valence electrons. The van der Waals surface area contributed by atoms with Crippen molar-refractivity contribution in [3.8, 4) is 0 Å². The SMILES string of the molecule is CC1(C)CC(=O)C[C@]2(C)[C@@H]1CC[C@@]13C[C@@H](CC[C@]12O)[C@@](O)(CO)C3. The number of aliphatic hydroxyl groups excluding tert-OH is 1. The Hall–Kier alpha value is -0.450. The maximum atomic E-state index is 12.5. The molecule has 4 saturated carbocycles. The van der Waals surface area contributed by atoms with Crippen molar-refractivity contribution >= 4 is 5.78 Å². The first-order chi connectivity index (χ1) is 11.0. The second-order valence-corrected chi connectivity index (χ2v) is 10.4. The Balaban J connectivity index is 1.82. The minimum atomic E-state index is -1.05. The van der Waals surface area contributed by atoms with Gasteiger partial charge in [0, 0.05) is 23.7 Å². The fourth-order valence-electron chi connectivity index (χ4n) is 7.93. The lowest BCUT2D eigenvalue weighted by Crippen LogP contribution is -2.68. The normalized spacial score (nSPS) is 55.8. The van der Waals surface area contributed by atoms with E-state index in [-0.39, 0.29) is 29.1 Å². The van der Waals surface area contributed by atoms with Crippen molar-refractivity contribution in [1.82, 2.24) is 0 Å². The zero-order valence-electron chi connectivity index (χ0n) is 15.3. The van der Waals surface area contributed by atoms with E-state index in [9.17, 15) is 20.1 Å². The Kier molecular flexibility index (Phi) is 3.28. The van der Waals surface area contributed by atoms with Gasteiger partial charge in [-0.05, 0) is 55.8 Å². The Morgan fingerprint density at radius 2 is 1.79 bits per heavy atom. The molecule has 0 aromatic heterocycles. The Labute approximate surface area is 144 Å². The van der Waals surface area contributed by atoms with Crippen molar-refractivity contribution in [2.24, 2.45) is 28.1 Å². The van der Waals surface area contributed by atoms with Crippen LogP contribution in [0, 0.1) is 28.1 Å². The summed E-state index contributed by atoms with van der Waals surface area (Å²) in [6, 6.07) is 0. The molecular weight excluding hydrogens is 304 g/mol. The number of carbonyl (C=O) groups is 1. The third kappa shape index (κ3) is 1.78. The fraction of sp³-hybridized carbons (Fsp3) is 0.950. The van der Waals surface area contributed by atoms with Gasteiger partial charge in [-0.2, -0.15) is 0 Å². The number of Topliss-reactive ketones (excluding diaryl/α,β-unsaturated/α-hetero) is 1. The van der Waals surface area contributed by atoms with Crippen molar-refractivity contribution in [3.05, 3.63) is 0 Å². The van der Waals surface area contributed by atoms with Crippen LogP contribution < -0.4 is 0 Å². The minimum absolute atomic E-state index is 0.0789. The van der Waals surface area contributed by atoms with E-state index in [4.69, 9.17) is 0 Å². The van der Waals surface area contributed by atoms with Gasteiger partial charge in [-0.3, -0.25) is 4.79 Å². The van der Waals surface area contributed by atoms with Crippen molar-refractivity contribution in [2.45, 2.75) is 83.3 Å². The van der Waals surface area contributed by atoms with E-state index < -0.39 is 16.6 Å². The van der Waals surface area contributed by atoms with E-state index in [1.54, 1.807) is 0 Å². The molecule has 4 rings (SSSR count). The van der Waals surface area contributed by atoms with Crippen molar-refractivity contribution in [3.63, 3.8) is 0 Å². The summed E-state index contributed by atoms with van der Waals surface area (Å²) in [4.78, 5) is 12.5. The number of rotatable bonds is 1. The van der Waals surface area contributed by atoms with Gasteiger partial charge in [-0.25, -0.2) is 0 Å². The van der Waals surface area contributed by atoms with Crippen molar-refractivity contribution < 1.29 is 20.1 Å². The first-order valence-electron chi connectivity index (χ1n) is 9.59. The van der Waals surface area contributed by atoms with E-state index in [0.717, 1.165) is 25.7 Å². The highest BCUT2D eigenvalue weighted by Gasteiger charge is 2.74. The van der Waals surface area contributed by atoms with E-state index >= 15 is 0 Å². The summed E-state index contributed by atoms with van der Waals surface area (Å²) in [7, 11) is 0. The maximum absolute atomic E-state index is 12.5. The van der Waals surface area contributed by atoms with Gasteiger partial charge in [-0.1, -0.05) is 20.8 Å². The molecule has 0 aromatic rings. The maximum Gasteiger partial charge on any atom is 0.134 e. The molecule has 24 heavy (non-hydrogen) atoms. The van der Waals surface area contributed by atoms with Crippen LogP contribution >= 0.6 is 0 Å². The van der Waals surface area contributed by atoms with Crippen LogP contribution in [0.3, 0.4) is 0 Å². The predicted molar refractivity (Wildman–Crippen MR) is 90.2 cm³/mol. The molecule has 0 unspecified atom stereocenters. The first kappa shape index (κ1) is 17.0. The van der Waals surface area contributed by atoms with E-state index in [2.05, 4.69) is 20.8 Å². The topological polar surface area (TPSA) is 77.8 Å². The van der Waals surface area contributed by atoms with Crippen LogP contribution in [0.5, 0.6) is 0 Å². The number of fused-ring (bicyclic) bond motifs is 3. The molecular formula is C20H32O4. The third-order valence-corrected chi connectivity index (χ3v) is 8.83. The summed E-state index contributed by atoms with van der Waals surface area (Å²) >= 11 is 0. The highest BCUT2D eigenvalue weighted by molar-refractivity contribution is 5.81. The summed E-state index contributed by atoms with van der Waals surface area (Å²) in [6.07, 6.45) is 5.64. The lowest BCUT2D eigenvalue weighted by atomic mass is 9.39. The van der Waals surface area contributed by atoms with Crippen LogP contribution in [0.2, 0.25) is 0 Å². The smallest absolute Gasteiger partial charge is 0.134 e. The predicted octanol–water partition coefficient (Wildman–Crippen LogP) is 2.44. The third-order valence-electron chi connectivity index (χ3n) is 8.83. The lowest BCUT2D eigenvalue weighted by Gasteiger charge is -2.67. The summed E-state index contributed by atoms with van der Waals surface area (Å²) < 4.78 is 0. The van der Waals surface area contributed by atoms with Crippen LogP contribution in [0.15, 0.2) is 0 Å². The number of hydrogen-bond acceptors (Lipinski definition) is 4. The molecule has 4 aliphatic carbocycles. The summed E-state index contributed by atoms with van der Waals surface area (Å²) in [5.41, 5.74) is -2.81. The van der Waals surface area contributed by atoms with Gasteiger partial charge >= 0.3 is 0 Å². The summed E-state index contributed by atoms with van der Waals surface area (Å²) in [5.74, 6) is 0.676. The van der Waals surface area contributed by atoms with E-state index in [0.29, 0.717) is 31.6 Å². The molecule has 0 aliphatic heterocycles. The van der Waals surface area contributed by atoms with Gasteiger partial charge in [0.15, 0.2) is 0 Å². The molecule has 1 spiro atoms. The summed E-state index contributed by atoms with van der Waals surface area (Å²) in [5, 5.41) is 32.8. The van der Waals surface area contributed by atoms with Gasteiger partial charge in [0.1, 0.15) is 5.78 Å². The minimum Gasteiger partial charge on any atom is -0.393 e. The molecule has 3 N–H and O–H groups in total. The fourth-order valence-corrected chi connectivity index (χ4v) is 7.93. The summed E-state index contributed by atoms with van der Waals surface area (Å²) in [6.45, 7) is 6.27. The zero-order chi connectivity index (χ0) is 17.6. The highest BCUT2D eigenvalue weighted by atomic mass is 16.3. The van der Waals surface area contributed by atoms with Gasteiger partial charge in [0.2, 0.25) is 0 Å². The molecule has 0 heterocycles. The van der Waals surface area contributed by atoms with Crippen molar-refractivity contribution in [2.75, 3.05) is 6.61 Å². The average Bonchev–Trinajstić information content (AvgIpc) is 2.71. The van der Waals surface area contributed by atoms with Gasteiger partial charge in [0.25, 0.3) is 0 Å². The molecule has 0 aromatic carbocycles. The second kappa shape index (κ2) is 4.63. The second-order valence-electron chi connectivity index (χ2n) is 10.4. The van der Waals surface area contributed by atoms with Gasteiger partial charge in [0.05, 0.1) is 17.8 Å². The van der Waals surface area contributed by atoms with Crippen LogP contribution in [0.25, 0.3) is 0 Å². The molecule has 2 bridgehead atoms. The lowest BCUT2D eigenvalue weighted by molar-refractivity contribution is -0.256. The molecule has 4 aliphatic rings. The molecule has 0 amide bonds. The molecule has 4 nitrogen and oxygen atoms in total. The first-order valence-corrected chi connectivity index (χ1v) is 9.59. The average molecular weight is 336 g/mol. The largest absolute Gasteiger partial charge is 0.393 e. The van der Waals surface area contributed by atoms with E-state index in [1.807, 2.05) is 0 Å². The molecule has 0 saturated heterocycles. The van der Waals surface area contributed by atoms with Crippen LogP contribution in [-0.4, -0.2) is 38.9 Å². The molecule has 4 fully saturated rings. The standard InChI is InChI=1S/C20H32O4/c1-16(2)9-14(22)10-17(3)15(16)5-6-18-8-13(4-7-20(17,18)24)19(23,11-18)12-21/h13,15,21,23-24H,4-12H2,1-3H3/t13-,15-,17-,18+,19+,20-/m1/s1. The van der Waals surface area contributed by atoms with Crippen LogP contribution in [-0.2, 0) is 4.79 Å². The number of hydrogen-bond donors (Lipinski definition) is 3. The zero-order valence-corrected chi connectivity index (χ0v) is 15.3. The highest BCUT2D eigenvalue weighted by Crippen LogP contribution is 2.74. The Bertz CT molecular complexity index is 586. The quantitative estimate of drug-likeness (QED) is 0.687. The van der Waals surface area contributed by atoms with Gasteiger partial charge < -0.3 is 15.3 Å².